The Bertz CT molecular complexity index is 1070. The van der Waals surface area contributed by atoms with Crippen molar-refractivity contribution in [2.45, 2.75) is 49.6 Å². The van der Waals surface area contributed by atoms with E-state index in [1.165, 1.54) is 30.4 Å². The lowest BCUT2D eigenvalue weighted by Crippen LogP contribution is -2.49. The van der Waals surface area contributed by atoms with Crippen molar-refractivity contribution in [3.63, 3.8) is 0 Å². The molecule has 0 aromatic heterocycles. The van der Waals surface area contributed by atoms with E-state index >= 15 is 0 Å². The summed E-state index contributed by atoms with van der Waals surface area (Å²) in [5.74, 6) is -2.85. The van der Waals surface area contributed by atoms with Gasteiger partial charge in [-0.25, -0.2) is 13.2 Å². The number of ketones is 1. The minimum absolute atomic E-state index is 0.0000767. The van der Waals surface area contributed by atoms with Crippen LogP contribution in [0.3, 0.4) is 0 Å². The SMILES string of the molecule is Cc1ccc(S(=O)(=O)N[C@@H](CC2(C(=O)[C@@H]3CCCN3)C=CC(C(=O)O)=CC2)C(=O)O)cc1. The topological polar surface area (TPSA) is 150 Å². The molecule has 0 saturated carbocycles. The predicted octanol–water partition coefficient (Wildman–Crippen LogP) is 1.40. The normalized spacial score (nSPS) is 24.0. The largest absolute Gasteiger partial charge is 0.480 e. The second-order valence-corrected chi connectivity index (χ2v) is 9.91. The molecule has 1 saturated heterocycles. The van der Waals surface area contributed by atoms with Gasteiger partial charge in [0.1, 0.15) is 6.04 Å². The molecule has 1 aliphatic carbocycles. The molecule has 1 heterocycles. The van der Waals surface area contributed by atoms with Crippen LogP contribution in [0, 0.1) is 12.3 Å². The predicted molar refractivity (Wildman–Crippen MR) is 115 cm³/mol. The maximum absolute atomic E-state index is 13.4. The molecule has 32 heavy (non-hydrogen) atoms. The number of rotatable bonds is 9. The van der Waals surface area contributed by atoms with Gasteiger partial charge in [-0.05, 0) is 51.3 Å². The van der Waals surface area contributed by atoms with Crippen LogP contribution in [0.25, 0.3) is 0 Å². The Hall–Kier alpha value is -2.82. The van der Waals surface area contributed by atoms with E-state index in [1.807, 2.05) is 0 Å². The lowest BCUT2D eigenvalue weighted by Gasteiger charge is -2.35. The Morgan fingerprint density at radius 2 is 1.91 bits per heavy atom. The fraction of sp³-hybridized carbons (Fsp3) is 0.409. The van der Waals surface area contributed by atoms with Crippen molar-refractivity contribution in [3.05, 3.63) is 53.6 Å². The fourth-order valence-electron chi connectivity index (χ4n) is 4.04. The summed E-state index contributed by atoms with van der Waals surface area (Å²) in [5.41, 5.74) is -0.500. The highest BCUT2D eigenvalue weighted by Crippen LogP contribution is 2.38. The number of hydrogen-bond acceptors (Lipinski definition) is 6. The third kappa shape index (κ3) is 5.14. The first-order valence-corrected chi connectivity index (χ1v) is 11.7. The van der Waals surface area contributed by atoms with Crippen LogP contribution in [-0.4, -0.2) is 55.0 Å². The van der Waals surface area contributed by atoms with Gasteiger partial charge in [-0.3, -0.25) is 9.59 Å². The Morgan fingerprint density at radius 1 is 1.22 bits per heavy atom. The number of carboxylic acids is 2. The molecular formula is C22H26N2O7S. The molecule has 10 heteroatoms. The average molecular weight is 463 g/mol. The number of aryl methyl sites for hydroxylation is 1. The molecule has 1 unspecified atom stereocenters. The van der Waals surface area contributed by atoms with Crippen LogP contribution < -0.4 is 10.0 Å². The Kier molecular flexibility index (Phi) is 6.97. The van der Waals surface area contributed by atoms with Crippen LogP contribution in [0.4, 0.5) is 0 Å². The van der Waals surface area contributed by atoms with Gasteiger partial charge in [-0.15, -0.1) is 0 Å². The minimum Gasteiger partial charge on any atom is -0.480 e. The highest BCUT2D eigenvalue weighted by Gasteiger charge is 2.45. The van der Waals surface area contributed by atoms with Gasteiger partial charge in [0.25, 0.3) is 0 Å². The molecule has 3 rings (SSSR count). The molecule has 4 N–H and O–H groups in total. The Morgan fingerprint density at radius 3 is 2.41 bits per heavy atom. The molecular weight excluding hydrogens is 436 g/mol. The summed E-state index contributed by atoms with van der Waals surface area (Å²) in [7, 11) is -4.16. The molecule has 172 valence electrons. The monoisotopic (exact) mass is 462 g/mol. The number of hydrogen-bond donors (Lipinski definition) is 4. The fourth-order valence-corrected chi connectivity index (χ4v) is 5.23. The van der Waals surface area contributed by atoms with Crippen molar-refractivity contribution in [3.8, 4) is 0 Å². The van der Waals surface area contributed by atoms with Crippen LogP contribution in [0.2, 0.25) is 0 Å². The summed E-state index contributed by atoms with van der Waals surface area (Å²) in [6, 6.07) is 3.87. The van der Waals surface area contributed by atoms with Gasteiger partial charge >= 0.3 is 11.9 Å². The number of Topliss-reactive ketones (excluding diaryl/α,β-unsaturated/α-hetero) is 1. The van der Waals surface area contributed by atoms with Crippen LogP contribution in [0.15, 0.2) is 53.0 Å². The first-order chi connectivity index (χ1) is 15.0. The molecule has 9 nitrogen and oxygen atoms in total. The number of allylic oxidation sites excluding steroid dienone is 2. The maximum atomic E-state index is 13.4. The summed E-state index contributed by atoms with van der Waals surface area (Å²) < 4.78 is 27.8. The number of nitrogens with one attached hydrogen (secondary N) is 2. The number of aliphatic carboxylic acids is 2. The molecule has 2 aliphatic rings. The van der Waals surface area contributed by atoms with Gasteiger partial charge in [0, 0.05) is 0 Å². The lowest BCUT2D eigenvalue weighted by molar-refractivity contribution is -0.140. The average Bonchev–Trinajstić information content (AvgIpc) is 3.28. The van der Waals surface area contributed by atoms with Crippen molar-refractivity contribution in [1.82, 2.24) is 10.0 Å². The van der Waals surface area contributed by atoms with E-state index < -0.39 is 39.5 Å². The smallest absolute Gasteiger partial charge is 0.335 e. The summed E-state index contributed by atoms with van der Waals surface area (Å²) >= 11 is 0. The third-order valence-electron chi connectivity index (χ3n) is 5.88. The summed E-state index contributed by atoms with van der Waals surface area (Å²) in [6.45, 7) is 2.44. The van der Waals surface area contributed by atoms with Crippen molar-refractivity contribution >= 4 is 27.7 Å². The van der Waals surface area contributed by atoms with E-state index in [0.717, 1.165) is 12.0 Å². The highest BCUT2D eigenvalue weighted by molar-refractivity contribution is 7.89. The molecule has 3 atom stereocenters. The number of carbonyl (C=O) groups excluding carboxylic acids is 1. The first kappa shape index (κ1) is 23.8. The van der Waals surface area contributed by atoms with Gasteiger partial charge in [0.2, 0.25) is 10.0 Å². The zero-order chi connectivity index (χ0) is 23.5. The highest BCUT2D eigenvalue weighted by atomic mass is 32.2. The van der Waals surface area contributed by atoms with E-state index in [4.69, 9.17) is 0 Å². The van der Waals surface area contributed by atoms with E-state index in [1.54, 1.807) is 19.1 Å². The second-order valence-electron chi connectivity index (χ2n) is 8.20. The second kappa shape index (κ2) is 9.35. The van der Waals surface area contributed by atoms with E-state index in [9.17, 15) is 33.0 Å². The van der Waals surface area contributed by atoms with Gasteiger partial charge in [0.05, 0.1) is 21.9 Å². The molecule has 1 aromatic carbocycles. The summed E-state index contributed by atoms with van der Waals surface area (Å²) in [5, 5.41) is 22.1. The van der Waals surface area contributed by atoms with E-state index in [2.05, 4.69) is 10.0 Å². The quantitative estimate of drug-likeness (QED) is 0.430. The number of carbonyl (C=O) groups is 3. The molecule has 0 spiro atoms. The van der Waals surface area contributed by atoms with E-state index in [-0.39, 0.29) is 29.1 Å². The Balaban J connectivity index is 1.91. The molecule has 1 aromatic rings. The Labute approximate surface area is 186 Å². The van der Waals surface area contributed by atoms with Crippen LogP contribution in [-0.2, 0) is 24.4 Å². The summed E-state index contributed by atoms with van der Waals surface area (Å²) in [4.78, 5) is 36.6. The van der Waals surface area contributed by atoms with Crippen molar-refractivity contribution in [1.29, 1.82) is 0 Å². The van der Waals surface area contributed by atoms with Gasteiger partial charge in [-0.1, -0.05) is 35.9 Å². The molecule has 0 amide bonds. The first-order valence-electron chi connectivity index (χ1n) is 10.3. The van der Waals surface area contributed by atoms with Crippen LogP contribution >= 0.6 is 0 Å². The maximum Gasteiger partial charge on any atom is 0.335 e. The van der Waals surface area contributed by atoms with Crippen molar-refractivity contribution in [2.75, 3.05) is 6.54 Å². The van der Waals surface area contributed by atoms with Crippen molar-refractivity contribution < 1.29 is 33.0 Å². The number of sulfonamides is 1. The van der Waals surface area contributed by atoms with Gasteiger partial charge in [-0.2, -0.15) is 4.72 Å². The molecule has 0 radical (unpaired) electrons. The zero-order valence-electron chi connectivity index (χ0n) is 17.6. The standard InChI is InChI=1S/C22H26N2O7S/c1-14-4-6-16(7-5-14)32(30,31)24-18(21(28)29)13-22(19(25)17-3-2-12-23-17)10-8-15(9-11-22)20(26)27/h4-10,17-18,23-24H,2-3,11-13H2,1H3,(H,26,27)(H,28,29)/t17-,18-,22?/m0/s1. The molecule has 1 aliphatic heterocycles. The molecule has 1 fully saturated rings. The number of benzene rings is 1. The van der Waals surface area contributed by atoms with Gasteiger partial charge < -0.3 is 15.5 Å². The third-order valence-corrected chi connectivity index (χ3v) is 7.37. The van der Waals surface area contributed by atoms with Crippen molar-refractivity contribution in [2.24, 2.45) is 5.41 Å². The summed E-state index contributed by atoms with van der Waals surface area (Å²) in [6.07, 6.45) is 5.07. The number of carboxylic acid groups (broad SMARTS) is 2. The van der Waals surface area contributed by atoms with Crippen LogP contribution in [0.5, 0.6) is 0 Å². The zero-order valence-corrected chi connectivity index (χ0v) is 18.4. The minimum atomic E-state index is -4.16. The van der Waals surface area contributed by atoms with E-state index in [0.29, 0.717) is 13.0 Å². The molecule has 0 bridgehead atoms. The lowest BCUT2D eigenvalue weighted by atomic mass is 9.70. The van der Waals surface area contributed by atoms with Crippen LogP contribution in [0.1, 0.15) is 31.2 Å². The van der Waals surface area contributed by atoms with Gasteiger partial charge in [0.15, 0.2) is 5.78 Å².